The fraction of sp³-hybridized carbons (Fsp3) is 0.156. The molecule has 7 nitrogen and oxygen atoms in total. The zero-order valence-electron chi connectivity index (χ0n) is 22.0. The minimum absolute atomic E-state index is 0.0785. The zero-order chi connectivity index (χ0) is 28.7. The molecule has 2 aliphatic rings. The van der Waals surface area contributed by atoms with E-state index in [4.69, 9.17) is 14.9 Å². The van der Waals surface area contributed by atoms with Gasteiger partial charge in [-0.05, 0) is 70.6 Å². The molecular weight excluding hydrogens is 528 g/mol. The van der Waals surface area contributed by atoms with Crippen LogP contribution in [0.25, 0.3) is 11.1 Å². The number of benzene rings is 4. The number of fused-ring (bicyclic) bond motifs is 8. The summed E-state index contributed by atoms with van der Waals surface area (Å²) in [6.45, 7) is 2.16. The lowest BCUT2D eigenvalue weighted by molar-refractivity contribution is 0.0857. The van der Waals surface area contributed by atoms with E-state index in [1.54, 1.807) is 37.3 Å². The molecule has 0 fully saturated rings. The van der Waals surface area contributed by atoms with Gasteiger partial charge >= 0.3 is 6.09 Å². The number of rotatable bonds is 6. The Morgan fingerprint density at radius 3 is 2.27 bits per heavy atom. The molecule has 9 heteroatoms. The van der Waals surface area contributed by atoms with Crippen LogP contribution in [0.3, 0.4) is 0 Å². The molecule has 206 valence electrons. The molecule has 4 aromatic rings. The number of ether oxygens (including phenoxy) is 2. The van der Waals surface area contributed by atoms with Gasteiger partial charge in [0.2, 0.25) is 0 Å². The molecule has 0 aromatic heterocycles. The van der Waals surface area contributed by atoms with Crippen molar-refractivity contribution in [1.29, 1.82) is 5.41 Å². The van der Waals surface area contributed by atoms with Crippen LogP contribution in [0.4, 0.5) is 13.6 Å². The number of alkyl carbamates (subject to hydrolysis) is 1. The molecule has 2 aliphatic heterocycles. The van der Waals surface area contributed by atoms with E-state index in [2.05, 4.69) is 10.6 Å². The molecule has 2 heterocycles. The average Bonchev–Trinajstić information content (AvgIpc) is 3.53. The Morgan fingerprint density at radius 1 is 0.854 bits per heavy atom. The van der Waals surface area contributed by atoms with E-state index < -0.39 is 17.7 Å². The fourth-order valence-electron chi connectivity index (χ4n) is 5.29. The van der Waals surface area contributed by atoms with E-state index >= 15 is 0 Å². The molecule has 6 rings (SSSR count). The monoisotopic (exact) mass is 553 g/mol. The molecular formula is C32H25F2N3O4. The minimum atomic E-state index is -0.687. The second kappa shape index (κ2) is 10.6. The van der Waals surface area contributed by atoms with Crippen molar-refractivity contribution in [3.05, 3.63) is 129 Å². The van der Waals surface area contributed by atoms with E-state index in [1.165, 1.54) is 12.1 Å². The van der Waals surface area contributed by atoms with Gasteiger partial charge in [0.25, 0.3) is 5.91 Å². The molecule has 0 saturated heterocycles. The van der Waals surface area contributed by atoms with E-state index in [0.717, 1.165) is 33.9 Å². The molecule has 41 heavy (non-hydrogen) atoms. The number of halogens is 2. The van der Waals surface area contributed by atoms with Crippen LogP contribution in [0.2, 0.25) is 0 Å². The number of amides is 2. The summed E-state index contributed by atoms with van der Waals surface area (Å²) in [4.78, 5) is 24.5. The second-order valence-corrected chi connectivity index (χ2v) is 9.81. The standard InChI is InChI=1S/C32H25F2N3O4/c1-2-40-32(39)37-30(35)18-5-3-17(4-6-18)16-36-31(38)20-8-11-24-26(14-20)29-25-13-19(7-10-23(25)28(24)41-29)22-12-9-21(33)15-27(22)34/h3-15,28-29H,2,16H2,1H3,(H,36,38)(H2,35,37,39)/t28-,29+/m0/s1. The number of hydrogen-bond donors (Lipinski definition) is 3. The Labute approximate surface area is 234 Å². The quantitative estimate of drug-likeness (QED) is 0.197. The first-order valence-electron chi connectivity index (χ1n) is 13.1. The van der Waals surface area contributed by atoms with Gasteiger partial charge in [-0.3, -0.25) is 15.5 Å². The average molecular weight is 554 g/mol. The van der Waals surface area contributed by atoms with Crippen LogP contribution in [0.1, 0.15) is 62.9 Å². The van der Waals surface area contributed by atoms with Crippen LogP contribution in [0.5, 0.6) is 0 Å². The summed E-state index contributed by atoms with van der Waals surface area (Å²) in [5.74, 6) is -1.59. The third-order valence-corrected chi connectivity index (χ3v) is 7.28. The van der Waals surface area contributed by atoms with Crippen molar-refractivity contribution in [3.8, 4) is 11.1 Å². The van der Waals surface area contributed by atoms with Gasteiger partial charge in [0.15, 0.2) is 0 Å². The third-order valence-electron chi connectivity index (χ3n) is 7.28. The van der Waals surface area contributed by atoms with Crippen LogP contribution in [0.15, 0.2) is 78.9 Å². The fourth-order valence-corrected chi connectivity index (χ4v) is 5.29. The highest BCUT2D eigenvalue weighted by atomic mass is 19.1. The molecule has 2 atom stereocenters. The first kappa shape index (κ1) is 26.3. The lowest BCUT2D eigenvalue weighted by Crippen LogP contribution is -2.31. The molecule has 0 saturated carbocycles. The van der Waals surface area contributed by atoms with Crippen molar-refractivity contribution in [2.75, 3.05) is 6.61 Å². The van der Waals surface area contributed by atoms with Gasteiger partial charge < -0.3 is 14.8 Å². The van der Waals surface area contributed by atoms with Crippen LogP contribution in [-0.4, -0.2) is 24.4 Å². The van der Waals surface area contributed by atoms with E-state index in [1.807, 2.05) is 30.3 Å². The van der Waals surface area contributed by atoms with Crippen molar-refractivity contribution < 1.29 is 27.8 Å². The third kappa shape index (κ3) is 4.96. The summed E-state index contributed by atoms with van der Waals surface area (Å²) in [6.07, 6.45) is -1.33. The highest BCUT2D eigenvalue weighted by Crippen LogP contribution is 2.54. The largest absolute Gasteiger partial charge is 0.450 e. The molecule has 2 amide bonds. The summed E-state index contributed by atoms with van der Waals surface area (Å²) in [6, 6.07) is 21.5. The van der Waals surface area contributed by atoms with Crippen molar-refractivity contribution in [2.24, 2.45) is 0 Å². The van der Waals surface area contributed by atoms with Gasteiger partial charge in [-0.1, -0.05) is 42.5 Å². The SMILES string of the molecule is CCOC(=O)NC(=N)c1ccc(CNC(=O)c2ccc3c(c2)[C@@H]2O[C@H]3c3ccc(-c4ccc(F)cc4F)cc32)cc1. The van der Waals surface area contributed by atoms with Crippen LogP contribution in [0, 0.1) is 17.0 Å². The van der Waals surface area contributed by atoms with Gasteiger partial charge in [-0.25, -0.2) is 13.6 Å². The topological polar surface area (TPSA) is 101 Å². The predicted octanol–water partition coefficient (Wildman–Crippen LogP) is 6.16. The van der Waals surface area contributed by atoms with Crippen molar-refractivity contribution >= 4 is 17.8 Å². The Hall–Kier alpha value is -4.89. The van der Waals surface area contributed by atoms with Crippen molar-refractivity contribution in [1.82, 2.24) is 10.6 Å². The maximum atomic E-state index is 14.4. The van der Waals surface area contributed by atoms with Crippen molar-refractivity contribution in [2.45, 2.75) is 25.7 Å². The Balaban J connectivity index is 1.14. The van der Waals surface area contributed by atoms with Crippen molar-refractivity contribution in [3.63, 3.8) is 0 Å². The van der Waals surface area contributed by atoms with E-state index in [0.29, 0.717) is 22.3 Å². The van der Waals surface area contributed by atoms with Gasteiger partial charge in [-0.2, -0.15) is 0 Å². The summed E-state index contributed by atoms with van der Waals surface area (Å²) in [5, 5.41) is 13.3. The van der Waals surface area contributed by atoms with Gasteiger partial charge in [-0.15, -0.1) is 0 Å². The lowest BCUT2D eigenvalue weighted by Gasteiger charge is -2.18. The van der Waals surface area contributed by atoms with Gasteiger partial charge in [0.05, 0.1) is 6.61 Å². The molecule has 0 spiro atoms. The summed E-state index contributed by atoms with van der Waals surface area (Å²) < 4.78 is 38.9. The number of nitrogens with one attached hydrogen (secondary N) is 3. The molecule has 0 radical (unpaired) electrons. The Bertz CT molecular complexity index is 1700. The maximum Gasteiger partial charge on any atom is 0.412 e. The van der Waals surface area contributed by atoms with E-state index in [-0.39, 0.29) is 37.1 Å². The van der Waals surface area contributed by atoms with E-state index in [9.17, 15) is 18.4 Å². The smallest absolute Gasteiger partial charge is 0.412 e. The Kier molecular flexibility index (Phi) is 6.80. The van der Waals surface area contributed by atoms with Gasteiger partial charge in [0.1, 0.15) is 29.7 Å². The first-order valence-corrected chi connectivity index (χ1v) is 13.1. The summed E-state index contributed by atoms with van der Waals surface area (Å²) in [5.41, 5.74) is 6.55. The summed E-state index contributed by atoms with van der Waals surface area (Å²) >= 11 is 0. The maximum absolute atomic E-state index is 14.4. The highest BCUT2D eigenvalue weighted by Gasteiger charge is 2.43. The normalized spacial score (nSPS) is 16.1. The lowest BCUT2D eigenvalue weighted by atomic mass is 9.83. The number of hydrogen-bond acceptors (Lipinski definition) is 5. The zero-order valence-corrected chi connectivity index (χ0v) is 22.0. The predicted molar refractivity (Wildman–Crippen MR) is 148 cm³/mol. The summed E-state index contributed by atoms with van der Waals surface area (Å²) in [7, 11) is 0. The molecule has 3 N–H and O–H groups in total. The Morgan fingerprint density at radius 2 is 1.54 bits per heavy atom. The minimum Gasteiger partial charge on any atom is -0.450 e. The molecule has 2 bridgehead atoms. The first-order chi connectivity index (χ1) is 19.8. The van der Waals surface area contributed by atoms with Crippen LogP contribution >= 0.6 is 0 Å². The number of carbonyl (C=O) groups excluding carboxylic acids is 2. The van der Waals surface area contributed by atoms with Crippen LogP contribution in [-0.2, 0) is 16.0 Å². The second-order valence-electron chi connectivity index (χ2n) is 9.81. The number of carbonyl (C=O) groups is 2. The highest BCUT2D eigenvalue weighted by molar-refractivity contribution is 6.04. The molecule has 4 aromatic carbocycles. The van der Waals surface area contributed by atoms with Crippen LogP contribution < -0.4 is 10.6 Å². The number of amidine groups is 1. The molecule has 0 unspecified atom stereocenters. The van der Waals surface area contributed by atoms with Gasteiger partial charge in [0, 0.05) is 29.3 Å². The molecule has 0 aliphatic carbocycles.